The lowest BCUT2D eigenvalue weighted by molar-refractivity contribution is 0.206. The van der Waals surface area contributed by atoms with E-state index in [4.69, 9.17) is 5.10 Å². The van der Waals surface area contributed by atoms with Crippen LogP contribution in [0.25, 0.3) is 22.2 Å². The van der Waals surface area contributed by atoms with Crippen LogP contribution in [0.5, 0.6) is 0 Å². The van der Waals surface area contributed by atoms with E-state index in [0.29, 0.717) is 17.4 Å². The number of pyridine rings is 2. The topological polar surface area (TPSA) is 95.9 Å². The van der Waals surface area contributed by atoms with Gasteiger partial charge in [0.25, 0.3) is 5.56 Å². The van der Waals surface area contributed by atoms with Gasteiger partial charge in [-0.05, 0) is 38.0 Å². The van der Waals surface area contributed by atoms with Gasteiger partial charge in [0.2, 0.25) is 0 Å². The van der Waals surface area contributed by atoms with Crippen LogP contribution in [0.3, 0.4) is 0 Å². The molecule has 8 heteroatoms. The van der Waals surface area contributed by atoms with Crippen LogP contribution in [0.2, 0.25) is 0 Å². The van der Waals surface area contributed by atoms with Gasteiger partial charge in [-0.3, -0.25) is 14.5 Å². The van der Waals surface area contributed by atoms with Crippen LogP contribution < -0.4 is 10.9 Å². The van der Waals surface area contributed by atoms with E-state index in [1.807, 2.05) is 17.9 Å². The van der Waals surface area contributed by atoms with E-state index >= 15 is 0 Å². The summed E-state index contributed by atoms with van der Waals surface area (Å²) in [4.78, 5) is 33.3. The van der Waals surface area contributed by atoms with Gasteiger partial charge in [-0.2, -0.15) is 5.10 Å². The summed E-state index contributed by atoms with van der Waals surface area (Å²) < 4.78 is 2.05. The standard InChI is InChI=1S/C20H22N6O2/c1-2-21-19(28)25-7-4-20(12-25)5-8-26-17(20)10-16(24-26)13-9-14-15(23-11-13)3-6-22-18(14)27/h3,6,9-11H,2,4-5,7-8,12H2,1H3,(H,21,28)(H,22,27). The first-order valence-corrected chi connectivity index (χ1v) is 9.68. The Morgan fingerprint density at radius 2 is 2.18 bits per heavy atom. The van der Waals surface area contributed by atoms with Crippen LogP contribution >= 0.6 is 0 Å². The Morgan fingerprint density at radius 3 is 3.04 bits per heavy atom. The van der Waals surface area contributed by atoms with Gasteiger partial charge >= 0.3 is 6.03 Å². The SMILES string of the molecule is CCNC(=O)N1CCC2(CCn3nc(-c4cnc5cc[nH]c(=O)c5c4)cc32)C1. The molecule has 144 valence electrons. The first-order chi connectivity index (χ1) is 13.6. The second-order valence-electron chi connectivity index (χ2n) is 7.64. The minimum atomic E-state index is -0.150. The van der Waals surface area contributed by atoms with Crippen LogP contribution in [0.4, 0.5) is 4.79 Å². The maximum Gasteiger partial charge on any atom is 0.317 e. The molecule has 2 aliphatic heterocycles. The fourth-order valence-electron chi connectivity index (χ4n) is 4.53. The highest BCUT2D eigenvalue weighted by atomic mass is 16.2. The predicted octanol–water partition coefficient (Wildman–Crippen LogP) is 1.86. The number of fused-ring (bicyclic) bond motifs is 3. The molecule has 0 aliphatic carbocycles. The van der Waals surface area contributed by atoms with Crippen molar-refractivity contribution in [3.05, 3.63) is 46.6 Å². The molecule has 2 amide bonds. The Balaban J connectivity index is 1.49. The van der Waals surface area contributed by atoms with E-state index in [1.165, 1.54) is 5.69 Å². The average molecular weight is 378 g/mol. The minimum absolute atomic E-state index is 0.00974. The molecule has 0 aromatic carbocycles. The molecule has 0 saturated carbocycles. The molecular weight excluding hydrogens is 356 g/mol. The van der Waals surface area contributed by atoms with Crippen molar-refractivity contribution in [1.29, 1.82) is 0 Å². The number of hydrogen-bond acceptors (Lipinski definition) is 4. The van der Waals surface area contributed by atoms with Crippen LogP contribution in [0, 0.1) is 0 Å². The van der Waals surface area contributed by atoms with E-state index in [0.717, 1.165) is 43.7 Å². The van der Waals surface area contributed by atoms with E-state index in [1.54, 1.807) is 18.5 Å². The second kappa shape index (κ2) is 6.19. The lowest BCUT2D eigenvalue weighted by Gasteiger charge is -2.23. The molecule has 8 nitrogen and oxygen atoms in total. The summed E-state index contributed by atoms with van der Waals surface area (Å²) >= 11 is 0. The van der Waals surface area contributed by atoms with Crippen LogP contribution in [-0.4, -0.2) is 50.3 Å². The predicted molar refractivity (Wildman–Crippen MR) is 105 cm³/mol. The van der Waals surface area contributed by atoms with Gasteiger partial charge in [0.1, 0.15) is 0 Å². The molecule has 3 aromatic heterocycles. The van der Waals surface area contributed by atoms with Gasteiger partial charge < -0.3 is 15.2 Å². The van der Waals surface area contributed by atoms with Crippen molar-refractivity contribution in [1.82, 2.24) is 30.0 Å². The number of carbonyl (C=O) groups excluding carboxylic acids is 1. The van der Waals surface area contributed by atoms with E-state index in [9.17, 15) is 9.59 Å². The molecule has 0 radical (unpaired) electrons. The second-order valence-corrected chi connectivity index (χ2v) is 7.64. The van der Waals surface area contributed by atoms with E-state index in [-0.39, 0.29) is 17.0 Å². The highest BCUT2D eigenvalue weighted by molar-refractivity contribution is 5.82. The molecule has 2 aliphatic rings. The largest absolute Gasteiger partial charge is 0.338 e. The summed E-state index contributed by atoms with van der Waals surface area (Å²) in [5, 5.41) is 8.22. The third kappa shape index (κ3) is 2.51. The third-order valence-corrected chi connectivity index (χ3v) is 6.01. The summed E-state index contributed by atoms with van der Waals surface area (Å²) in [6.45, 7) is 4.90. The molecule has 5 heterocycles. The van der Waals surface area contributed by atoms with Crippen LogP contribution in [0.1, 0.15) is 25.5 Å². The fraction of sp³-hybridized carbons (Fsp3) is 0.400. The smallest absolute Gasteiger partial charge is 0.317 e. The lowest BCUT2D eigenvalue weighted by Crippen LogP contribution is -2.40. The van der Waals surface area contributed by atoms with Gasteiger partial charge in [-0.25, -0.2) is 4.79 Å². The summed E-state index contributed by atoms with van der Waals surface area (Å²) in [6.07, 6.45) is 5.32. The monoisotopic (exact) mass is 378 g/mol. The Hall–Kier alpha value is -3.16. The van der Waals surface area contributed by atoms with Crippen molar-refractivity contribution in [2.24, 2.45) is 0 Å². The Labute approximate surface area is 161 Å². The number of urea groups is 1. The van der Waals surface area contributed by atoms with E-state index < -0.39 is 0 Å². The lowest BCUT2D eigenvalue weighted by atomic mass is 9.82. The molecule has 1 spiro atoms. The van der Waals surface area contributed by atoms with Crippen molar-refractivity contribution >= 4 is 16.9 Å². The number of aryl methyl sites for hydroxylation is 1. The number of nitrogens with one attached hydrogen (secondary N) is 2. The van der Waals surface area contributed by atoms with Crippen molar-refractivity contribution < 1.29 is 4.79 Å². The molecule has 2 N–H and O–H groups in total. The average Bonchev–Trinajstić information content (AvgIpc) is 3.39. The number of aromatic amines is 1. The molecule has 28 heavy (non-hydrogen) atoms. The third-order valence-electron chi connectivity index (χ3n) is 6.01. The summed E-state index contributed by atoms with van der Waals surface area (Å²) in [7, 11) is 0. The molecule has 1 unspecified atom stereocenters. The summed E-state index contributed by atoms with van der Waals surface area (Å²) in [5.41, 5.74) is 3.32. The fourth-order valence-corrected chi connectivity index (χ4v) is 4.53. The summed E-state index contributed by atoms with van der Waals surface area (Å²) in [6, 6.07) is 5.75. The van der Waals surface area contributed by atoms with Crippen molar-refractivity contribution in [3.8, 4) is 11.3 Å². The molecule has 1 fully saturated rings. The quantitative estimate of drug-likeness (QED) is 0.711. The Morgan fingerprint density at radius 1 is 1.32 bits per heavy atom. The zero-order valence-electron chi connectivity index (χ0n) is 15.7. The molecule has 0 bridgehead atoms. The number of carbonyl (C=O) groups is 1. The van der Waals surface area contributed by atoms with Gasteiger partial charge in [0.05, 0.1) is 16.6 Å². The number of hydrogen-bond donors (Lipinski definition) is 2. The maximum absolute atomic E-state index is 12.2. The molecule has 1 saturated heterocycles. The number of amides is 2. The highest BCUT2D eigenvalue weighted by Gasteiger charge is 2.46. The van der Waals surface area contributed by atoms with Crippen LogP contribution in [-0.2, 0) is 12.0 Å². The first kappa shape index (κ1) is 17.0. The van der Waals surface area contributed by atoms with Crippen molar-refractivity contribution in [3.63, 3.8) is 0 Å². The van der Waals surface area contributed by atoms with E-state index in [2.05, 4.69) is 26.0 Å². The first-order valence-electron chi connectivity index (χ1n) is 9.68. The normalized spacial score (nSPS) is 20.8. The van der Waals surface area contributed by atoms with Gasteiger partial charge in [-0.15, -0.1) is 0 Å². The minimum Gasteiger partial charge on any atom is -0.338 e. The highest BCUT2D eigenvalue weighted by Crippen LogP contribution is 2.43. The molecule has 5 rings (SSSR count). The maximum atomic E-state index is 12.2. The number of likely N-dealkylation sites (tertiary alicyclic amines) is 1. The number of H-pyrrole nitrogens is 1. The van der Waals surface area contributed by atoms with Crippen LogP contribution in [0.15, 0.2) is 35.4 Å². The van der Waals surface area contributed by atoms with Gasteiger partial charge in [-0.1, -0.05) is 0 Å². The summed E-state index contributed by atoms with van der Waals surface area (Å²) in [5.74, 6) is 0. The zero-order chi connectivity index (χ0) is 19.3. The van der Waals surface area contributed by atoms with Gasteiger partial charge in [0.15, 0.2) is 0 Å². The Bertz CT molecular complexity index is 1130. The molecule has 3 aromatic rings. The Kier molecular flexibility index (Phi) is 3.75. The molecular formula is C20H22N6O2. The number of aromatic nitrogens is 4. The molecule has 1 atom stereocenters. The number of rotatable bonds is 2. The number of nitrogens with zero attached hydrogens (tertiary/aromatic N) is 4. The zero-order valence-corrected chi connectivity index (χ0v) is 15.7. The van der Waals surface area contributed by atoms with Crippen molar-refractivity contribution in [2.45, 2.75) is 31.7 Å². The van der Waals surface area contributed by atoms with Crippen molar-refractivity contribution in [2.75, 3.05) is 19.6 Å². The van der Waals surface area contributed by atoms with Gasteiger partial charge in [0, 0.05) is 55.2 Å².